The summed E-state index contributed by atoms with van der Waals surface area (Å²) in [5, 5.41) is 0. The highest BCUT2D eigenvalue weighted by Crippen LogP contribution is 1.66. The number of hydrogen-bond acceptors (Lipinski definition) is 1. The average molecular weight is 85.0 g/mol. The Balaban J connectivity index is 0. The van der Waals surface area contributed by atoms with E-state index in [1.807, 2.05) is 0 Å². The van der Waals surface area contributed by atoms with Gasteiger partial charge in [-0.15, -0.1) is 0 Å². The summed E-state index contributed by atoms with van der Waals surface area (Å²) in [6, 6.07) is 0. The average Bonchev–Trinajstić information content (AvgIpc) is 0.918. The van der Waals surface area contributed by atoms with E-state index >= 15 is 0 Å². The zero-order valence-electron chi connectivity index (χ0n) is 1.76. The van der Waals surface area contributed by atoms with Crippen LogP contribution < -0.4 is 0 Å². The highest BCUT2D eigenvalue weighted by molar-refractivity contribution is 7.16. The summed E-state index contributed by atoms with van der Waals surface area (Å²) in [7, 11) is -1.17. The van der Waals surface area contributed by atoms with Crippen LogP contribution in [0.5, 0.6) is 0 Å². The van der Waals surface area contributed by atoms with Crippen LogP contribution in [0.2, 0.25) is 0 Å². The third kappa shape index (κ3) is 19500. The van der Waals surface area contributed by atoms with E-state index in [9.17, 15) is 0 Å². The molecule has 4 heavy (non-hydrogen) atoms. The minimum atomic E-state index is -1.17. The van der Waals surface area contributed by atoms with Crippen LogP contribution in [0.15, 0.2) is 0 Å². The molecular formula is H3FO2P+. The van der Waals surface area contributed by atoms with Gasteiger partial charge < -0.3 is 0 Å². The molecule has 0 spiro atoms. The number of hydrogen-bond donors (Lipinski definition) is 1. The van der Waals surface area contributed by atoms with Crippen LogP contribution in [0.1, 0.15) is 0 Å². The Bertz CT molecular complexity index is 13.5. The molecular weight excluding hydrogens is 82.0 g/mol. The molecule has 0 saturated heterocycles. The van der Waals surface area contributed by atoms with E-state index in [1.165, 1.54) is 0 Å². The first-order chi connectivity index (χ1) is 1.41. The zero-order chi connectivity index (χ0) is 2.71. The van der Waals surface area contributed by atoms with E-state index in [1.54, 1.807) is 0 Å². The van der Waals surface area contributed by atoms with Crippen molar-refractivity contribution in [2.45, 2.75) is 0 Å². The molecule has 4 heteroatoms. The molecule has 0 aromatic heterocycles. The Morgan fingerprint density at radius 1 is 1.75 bits per heavy atom. The molecule has 0 saturated carbocycles. The van der Waals surface area contributed by atoms with Gasteiger partial charge >= 0.3 is 8.69 Å². The van der Waals surface area contributed by atoms with Gasteiger partial charge in [-0.3, -0.25) is 4.70 Å². The Hall–Kier alpha value is -0.0100. The zero-order valence-corrected chi connectivity index (χ0v) is 2.76. The van der Waals surface area contributed by atoms with Crippen molar-refractivity contribution in [2.75, 3.05) is 0 Å². The second-order valence-electron chi connectivity index (χ2n) is 0.0913. The summed E-state index contributed by atoms with van der Waals surface area (Å²) in [4.78, 5) is 7.04. The molecule has 0 fully saturated rings. The topological polar surface area (TPSA) is 37.3 Å². The molecule has 1 unspecified atom stereocenters. The molecule has 0 bridgehead atoms. The minimum Gasteiger partial charge on any atom is -0.269 e. The van der Waals surface area contributed by atoms with Crippen molar-refractivity contribution in [3.05, 3.63) is 0 Å². The Kier molecular flexibility index (Phi) is 27.2. The predicted octanol–water partition coefficient (Wildman–Crippen LogP) is 0.0702. The lowest BCUT2D eigenvalue weighted by Gasteiger charge is -1.08. The van der Waals surface area contributed by atoms with Crippen molar-refractivity contribution in [1.29, 1.82) is 0 Å². The molecule has 0 aliphatic heterocycles. The summed E-state index contributed by atoms with van der Waals surface area (Å²) in [6.45, 7) is 0. The Labute approximate surface area is 24.1 Å². The molecule has 0 aliphatic carbocycles. The van der Waals surface area contributed by atoms with Gasteiger partial charge in [0.2, 0.25) is 0 Å². The summed E-state index contributed by atoms with van der Waals surface area (Å²) in [5.41, 5.74) is 0. The van der Waals surface area contributed by atoms with Gasteiger partial charge in [-0.25, -0.2) is 0 Å². The monoisotopic (exact) mass is 85.0 g/mol. The van der Waals surface area contributed by atoms with Gasteiger partial charge in [0.15, 0.2) is 0 Å². The third-order valence-corrected chi connectivity index (χ3v) is 0. The van der Waals surface area contributed by atoms with E-state index in [2.05, 4.69) is 0 Å². The lowest BCUT2D eigenvalue weighted by molar-refractivity contribution is 0.524. The fourth-order valence-corrected chi connectivity index (χ4v) is 0. The maximum Gasteiger partial charge on any atom is 0.491 e. The van der Waals surface area contributed by atoms with E-state index < -0.39 is 8.69 Å². The maximum atomic E-state index is 8.51. The van der Waals surface area contributed by atoms with Gasteiger partial charge in [0.25, 0.3) is 0 Å². The van der Waals surface area contributed by atoms with Crippen molar-refractivity contribution in [3.63, 3.8) is 0 Å². The largest absolute Gasteiger partial charge is 0.491 e. The minimum absolute atomic E-state index is 0. The highest BCUT2D eigenvalue weighted by Gasteiger charge is 1.45. The van der Waals surface area contributed by atoms with E-state index in [-0.39, 0.29) is 4.70 Å². The van der Waals surface area contributed by atoms with Crippen molar-refractivity contribution in [1.82, 2.24) is 0 Å². The first kappa shape index (κ1) is 9.01. The Morgan fingerprint density at radius 3 is 1.75 bits per heavy atom. The molecule has 1 N–H and O–H groups in total. The molecule has 0 amide bonds. The van der Waals surface area contributed by atoms with E-state index in [0.717, 1.165) is 0 Å². The van der Waals surface area contributed by atoms with E-state index in [4.69, 9.17) is 9.46 Å². The fraction of sp³-hybridized carbons (Fsp3) is 0. The summed E-state index contributed by atoms with van der Waals surface area (Å²) < 4.78 is 8.51. The van der Waals surface area contributed by atoms with Gasteiger partial charge in [-0.2, -0.15) is 4.89 Å². The van der Waals surface area contributed by atoms with Gasteiger partial charge in [-0.1, -0.05) is 0 Å². The molecule has 0 aromatic rings. The predicted molar refractivity (Wildman–Crippen MR) is 13.7 cm³/mol. The normalized spacial score (nSPS) is 5.25. The van der Waals surface area contributed by atoms with Crippen LogP contribution in [0.4, 0.5) is 4.70 Å². The SMILES string of the molecule is F.O=[PH+]O. The lowest BCUT2D eigenvalue weighted by atomic mass is 15.9. The van der Waals surface area contributed by atoms with Gasteiger partial charge in [0.1, 0.15) is 0 Å². The smallest absolute Gasteiger partial charge is 0.269 e. The molecule has 0 rings (SSSR count). The van der Waals surface area contributed by atoms with Crippen LogP contribution >= 0.6 is 8.69 Å². The second kappa shape index (κ2) is 12.1. The summed E-state index contributed by atoms with van der Waals surface area (Å²) >= 11 is 0. The summed E-state index contributed by atoms with van der Waals surface area (Å²) in [5.74, 6) is 0. The standard InChI is InChI=1S/FH.HO2P/c;1-3-2/h1H;3H/p+1. The molecule has 0 aromatic carbocycles. The molecule has 0 heterocycles. The quantitative estimate of drug-likeness (QED) is 0.422. The first-order valence-corrected chi connectivity index (χ1v) is 1.28. The van der Waals surface area contributed by atoms with E-state index in [0.29, 0.717) is 0 Å². The van der Waals surface area contributed by atoms with Crippen LogP contribution in [-0.4, -0.2) is 4.89 Å². The number of halogens is 1. The van der Waals surface area contributed by atoms with Gasteiger partial charge in [-0.05, 0) is 4.57 Å². The fourth-order valence-electron chi connectivity index (χ4n) is 0. The van der Waals surface area contributed by atoms with Crippen LogP contribution in [0.25, 0.3) is 0 Å². The van der Waals surface area contributed by atoms with Gasteiger partial charge in [0, 0.05) is 0 Å². The van der Waals surface area contributed by atoms with Gasteiger partial charge in [0.05, 0.1) is 0 Å². The lowest BCUT2D eigenvalue weighted by Crippen LogP contribution is -1.03. The summed E-state index contributed by atoms with van der Waals surface area (Å²) in [6.07, 6.45) is 0. The second-order valence-corrected chi connectivity index (χ2v) is 0.274. The third-order valence-electron chi connectivity index (χ3n) is 0. The van der Waals surface area contributed by atoms with Crippen molar-refractivity contribution >= 4 is 8.69 Å². The van der Waals surface area contributed by atoms with Crippen molar-refractivity contribution in [2.24, 2.45) is 0 Å². The molecule has 0 aliphatic rings. The number of rotatable bonds is 0. The van der Waals surface area contributed by atoms with Crippen molar-refractivity contribution in [3.8, 4) is 0 Å². The molecule has 0 radical (unpaired) electrons. The van der Waals surface area contributed by atoms with Crippen molar-refractivity contribution < 1.29 is 14.2 Å². The maximum absolute atomic E-state index is 8.51. The molecule has 2 nitrogen and oxygen atoms in total. The van der Waals surface area contributed by atoms with Crippen LogP contribution in [-0.2, 0) is 4.57 Å². The highest BCUT2D eigenvalue weighted by atomic mass is 31.1. The molecule has 1 atom stereocenters. The van der Waals surface area contributed by atoms with Crippen LogP contribution in [0, 0.1) is 0 Å². The van der Waals surface area contributed by atoms with Crippen LogP contribution in [0.3, 0.4) is 0 Å². The first-order valence-electron chi connectivity index (χ1n) is 0.428. The molecule has 26 valence electrons. The Morgan fingerprint density at radius 2 is 1.75 bits per heavy atom.